The zero-order valence-electron chi connectivity index (χ0n) is 12.3. The second-order valence-electron chi connectivity index (χ2n) is 4.45. The van der Waals surface area contributed by atoms with Crippen LogP contribution in [0.1, 0.15) is 18.9 Å². The van der Waals surface area contributed by atoms with Gasteiger partial charge < -0.3 is 9.64 Å². The predicted molar refractivity (Wildman–Crippen MR) is 82.1 cm³/mol. The van der Waals surface area contributed by atoms with Gasteiger partial charge in [-0.25, -0.2) is 10.5 Å². The number of benzene rings is 1. The van der Waals surface area contributed by atoms with Crippen LogP contribution in [0.3, 0.4) is 0 Å². The smallest absolute Gasteiger partial charge is 0.236 e. The molecule has 22 heavy (non-hydrogen) atoms. The summed E-state index contributed by atoms with van der Waals surface area (Å²) < 4.78 is 19.5. The molecule has 0 bridgehead atoms. The van der Waals surface area contributed by atoms with Gasteiger partial charge in [0.1, 0.15) is 12.4 Å². The Hall–Kier alpha value is -0.696. The molecule has 1 aromatic rings. The Morgan fingerprint density at radius 1 is 1.55 bits per heavy atom. The third kappa shape index (κ3) is 4.41. The van der Waals surface area contributed by atoms with Gasteiger partial charge >= 0.3 is 0 Å². The fourth-order valence-corrected chi connectivity index (χ4v) is 2.43. The number of carbonyl (C=O) groups is 1. The van der Waals surface area contributed by atoms with Gasteiger partial charge in [0, 0.05) is 39.8 Å². The summed E-state index contributed by atoms with van der Waals surface area (Å²) in [6, 6.07) is 4.54. The second-order valence-corrected chi connectivity index (χ2v) is 5.56. The van der Waals surface area contributed by atoms with Crippen LogP contribution in [0.15, 0.2) is 18.2 Å². The Bertz CT molecular complexity index is 651. The Morgan fingerprint density at radius 3 is 2.91 bits per heavy atom. The van der Waals surface area contributed by atoms with Crippen molar-refractivity contribution in [1.82, 2.24) is 4.90 Å². The normalized spacial score (nSPS) is 17.1. The molecule has 1 amide bonds. The second kappa shape index (κ2) is 8.81. The molecule has 0 N–H and O–H groups in total. The van der Waals surface area contributed by atoms with Crippen LogP contribution in [0.2, 0.25) is 0 Å². The minimum absolute atomic E-state index is 0. The van der Waals surface area contributed by atoms with Gasteiger partial charge in [-0.2, -0.15) is 0 Å². The van der Waals surface area contributed by atoms with Crippen molar-refractivity contribution in [3.8, 4) is 17.6 Å². The van der Waals surface area contributed by atoms with E-state index >= 15 is 0 Å². The van der Waals surface area contributed by atoms with Crippen LogP contribution in [0.4, 0.5) is 4.39 Å². The molecule has 1 unspecified atom stereocenters. The van der Waals surface area contributed by atoms with E-state index in [2.05, 4.69) is 33.8 Å². The van der Waals surface area contributed by atoms with Crippen LogP contribution in [-0.4, -0.2) is 29.3 Å². The van der Waals surface area contributed by atoms with E-state index in [-0.39, 0.29) is 50.1 Å². The maximum Gasteiger partial charge on any atom is 0.236 e. The average Bonchev–Trinajstić information content (AvgIpc) is 2.46. The average molecular weight is 440 g/mol. The molecule has 1 aromatic carbocycles. The van der Waals surface area contributed by atoms with Crippen molar-refractivity contribution in [2.24, 2.45) is 0 Å². The standard InChI is InChI=1S/C16H14BrFNO2.Y/c1-3-4-9-21-11-5-6-12(14(18)10-11)15-8-7-13(17)16(20)19(15)2;/h5-6,10,13H,7,9H2,1-2H3;/q-1;. The largest absolute Gasteiger partial charge is 0.481 e. The van der Waals surface area contributed by atoms with Gasteiger partial charge in [-0.1, -0.05) is 28.3 Å². The van der Waals surface area contributed by atoms with E-state index in [1.807, 2.05) is 0 Å². The molecular formula is C16H14BrFNO2Y-. The van der Waals surface area contributed by atoms with Crippen LogP contribution < -0.4 is 4.74 Å². The molecular weight excluding hydrogens is 426 g/mol. The topological polar surface area (TPSA) is 29.5 Å². The fourth-order valence-electron chi connectivity index (χ4n) is 1.96. The number of hydrogen-bond acceptors (Lipinski definition) is 2. The molecule has 0 saturated carbocycles. The van der Waals surface area contributed by atoms with Crippen LogP contribution >= 0.6 is 15.9 Å². The van der Waals surface area contributed by atoms with E-state index in [1.165, 1.54) is 11.0 Å². The number of nitrogens with zero attached hydrogens (tertiary/aromatic N) is 1. The molecule has 2 rings (SSSR count). The first-order valence-corrected chi connectivity index (χ1v) is 7.31. The zero-order chi connectivity index (χ0) is 15.4. The first-order valence-electron chi connectivity index (χ1n) is 6.39. The Kier molecular flexibility index (Phi) is 7.75. The summed E-state index contributed by atoms with van der Waals surface area (Å²) in [5.74, 6) is 5.28. The fraction of sp³-hybridized carbons (Fsp3) is 0.312. The summed E-state index contributed by atoms with van der Waals surface area (Å²) in [6.07, 6.45) is 3.47. The SMILES string of the molecule is CC#CCOc1ccc(C2=[C-]CC(Br)C(=O)N2C)c(F)c1.[Y]. The number of ether oxygens (including phenoxy) is 1. The van der Waals surface area contributed by atoms with Gasteiger partial charge in [0.25, 0.3) is 0 Å². The number of hydrogen-bond donors (Lipinski definition) is 0. The maximum atomic E-state index is 14.2. The Balaban J connectivity index is 0.00000242. The monoisotopic (exact) mass is 439 g/mol. The van der Waals surface area contributed by atoms with Crippen LogP contribution in [-0.2, 0) is 37.5 Å². The molecule has 6 heteroatoms. The van der Waals surface area contributed by atoms with Crippen molar-refractivity contribution in [1.29, 1.82) is 0 Å². The van der Waals surface area contributed by atoms with E-state index in [9.17, 15) is 9.18 Å². The van der Waals surface area contributed by atoms with E-state index in [4.69, 9.17) is 4.74 Å². The molecule has 0 aromatic heterocycles. The third-order valence-corrected chi connectivity index (χ3v) is 3.78. The van der Waals surface area contributed by atoms with Crippen molar-refractivity contribution in [3.05, 3.63) is 35.7 Å². The van der Waals surface area contributed by atoms with Crippen molar-refractivity contribution in [3.63, 3.8) is 0 Å². The summed E-state index contributed by atoms with van der Waals surface area (Å²) in [5.41, 5.74) is 0.785. The summed E-state index contributed by atoms with van der Waals surface area (Å²) in [4.78, 5) is 13.0. The molecule has 1 radical (unpaired) electrons. The molecule has 0 aliphatic carbocycles. The van der Waals surface area contributed by atoms with Crippen molar-refractivity contribution < 1.29 is 46.6 Å². The quantitative estimate of drug-likeness (QED) is 0.411. The number of alkyl halides is 1. The van der Waals surface area contributed by atoms with Crippen LogP contribution in [0, 0.1) is 23.7 Å². The molecule has 0 fully saturated rings. The first kappa shape index (κ1) is 19.4. The van der Waals surface area contributed by atoms with E-state index in [0.717, 1.165) is 0 Å². The number of carbonyl (C=O) groups excluding carboxylic acids is 1. The minimum Gasteiger partial charge on any atom is -0.481 e. The summed E-state index contributed by atoms with van der Waals surface area (Å²) in [5, 5.41) is 0. The third-order valence-electron chi connectivity index (χ3n) is 3.07. The molecule has 0 saturated heterocycles. The molecule has 0 spiro atoms. The molecule has 113 valence electrons. The van der Waals surface area contributed by atoms with E-state index < -0.39 is 5.82 Å². The molecule has 1 aliphatic rings. The molecule has 3 nitrogen and oxygen atoms in total. The Labute approximate surface area is 163 Å². The molecule has 1 aliphatic heterocycles. The summed E-state index contributed by atoms with van der Waals surface area (Å²) in [7, 11) is 1.61. The van der Waals surface area contributed by atoms with Crippen molar-refractivity contribution >= 4 is 27.5 Å². The van der Waals surface area contributed by atoms with Crippen molar-refractivity contribution in [2.75, 3.05) is 13.7 Å². The van der Waals surface area contributed by atoms with E-state index in [0.29, 0.717) is 23.4 Å². The minimum atomic E-state index is -0.452. The van der Waals surface area contributed by atoms with Crippen molar-refractivity contribution in [2.45, 2.75) is 18.2 Å². The maximum absolute atomic E-state index is 14.2. The Morgan fingerprint density at radius 2 is 2.27 bits per heavy atom. The van der Waals surface area contributed by atoms with Crippen LogP contribution in [0.25, 0.3) is 5.70 Å². The van der Waals surface area contributed by atoms with Gasteiger partial charge in [-0.15, -0.1) is 23.2 Å². The van der Waals surface area contributed by atoms with Gasteiger partial charge in [0.2, 0.25) is 5.91 Å². The summed E-state index contributed by atoms with van der Waals surface area (Å²) >= 11 is 3.27. The van der Waals surface area contributed by atoms with Gasteiger partial charge in [0.15, 0.2) is 0 Å². The number of amides is 1. The van der Waals surface area contributed by atoms with Gasteiger partial charge in [-0.3, -0.25) is 4.79 Å². The van der Waals surface area contributed by atoms with E-state index in [1.54, 1.807) is 26.1 Å². The van der Waals surface area contributed by atoms with Gasteiger partial charge in [0.05, 0.1) is 10.6 Å². The summed E-state index contributed by atoms with van der Waals surface area (Å²) in [6.45, 7) is 1.93. The van der Waals surface area contributed by atoms with Gasteiger partial charge in [-0.05, 0) is 19.1 Å². The predicted octanol–water partition coefficient (Wildman–Crippen LogP) is 2.99. The zero-order valence-corrected chi connectivity index (χ0v) is 16.7. The van der Waals surface area contributed by atoms with Crippen LogP contribution in [0.5, 0.6) is 5.75 Å². The molecule has 1 heterocycles. The number of allylic oxidation sites excluding steroid dienone is 1. The first-order chi connectivity index (χ1) is 10.0. The number of rotatable bonds is 3. The number of halogens is 2. The molecule has 1 atom stereocenters.